The molecule has 35 heavy (non-hydrogen) atoms. The van der Waals surface area contributed by atoms with Gasteiger partial charge in [0, 0.05) is 43.2 Å². The smallest absolute Gasteiger partial charge is 0.225 e. The lowest BCUT2D eigenvalue weighted by atomic mass is 9.96. The van der Waals surface area contributed by atoms with E-state index in [4.69, 9.17) is 4.74 Å². The number of nitrogens with zero attached hydrogens (tertiary/aromatic N) is 4. The predicted molar refractivity (Wildman–Crippen MR) is 134 cm³/mol. The van der Waals surface area contributed by atoms with Gasteiger partial charge >= 0.3 is 0 Å². The van der Waals surface area contributed by atoms with Crippen LogP contribution >= 0.6 is 11.3 Å². The minimum atomic E-state index is -0.146. The summed E-state index contributed by atoms with van der Waals surface area (Å²) in [5.74, 6) is 0.676. The maximum Gasteiger partial charge on any atom is 0.225 e. The maximum atomic E-state index is 12.9. The Morgan fingerprint density at radius 3 is 2.91 bits per heavy atom. The fourth-order valence-electron chi connectivity index (χ4n) is 4.36. The summed E-state index contributed by atoms with van der Waals surface area (Å²) < 4.78 is 7.59. The van der Waals surface area contributed by atoms with E-state index in [1.807, 2.05) is 53.8 Å². The van der Waals surface area contributed by atoms with Crippen LogP contribution in [0.15, 0.2) is 43.0 Å². The van der Waals surface area contributed by atoms with Crippen molar-refractivity contribution < 1.29 is 14.3 Å². The molecule has 0 aliphatic carbocycles. The Morgan fingerprint density at radius 1 is 1.34 bits per heavy atom. The van der Waals surface area contributed by atoms with Gasteiger partial charge in [-0.05, 0) is 36.5 Å². The number of ether oxygens (including phenoxy) is 1. The standard InChI is InChI=1S/C26H29N5O3S/c1-3-34-22-7-5-4-6-19(22)18(2)14-24(32)29-26-21(15-27)20-8-12-31(16-23(20)35-26)25(33)9-11-30-13-10-28-17-30/h4-7,10,13,17-18H,3,8-9,11-12,14,16H2,1-2H3,(H,29,32). The summed E-state index contributed by atoms with van der Waals surface area (Å²) >= 11 is 1.40. The molecule has 1 N–H and O–H groups in total. The molecule has 1 aromatic carbocycles. The van der Waals surface area contributed by atoms with Gasteiger partial charge in [-0.2, -0.15) is 5.26 Å². The van der Waals surface area contributed by atoms with Gasteiger partial charge in [-0.1, -0.05) is 25.1 Å². The first-order valence-electron chi connectivity index (χ1n) is 11.8. The number of aryl methyl sites for hydroxylation is 1. The molecule has 182 valence electrons. The third-order valence-corrected chi connectivity index (χ3v) is 7.29. The van der Waals surface area contributed by atoms with Crippen LogP contribution in [-0.4, -0.2) is 39.4 Å². The number of rotatable bonds is 9. The predicted octanol–water partition coefficient (Wildman–Crippen LogP) is 4.32. The van der Waals surface area contributed by atoms with Crippen LogP contribution in [0.5, 0.6) is 5.75 Å². The Morgan fingerprint density at radius 2 is 2.17 bits per heavy atom. The van der Waals surface area contributed by atoms with Crippen molar-refractivity contribution in [3.05, 3.63) is 64.6 Å². The van der Waals surface area contributed by atoms with E-state index in [0.717, 1.165) is 21.8 Å². The first-order chi connectivity index (χ1) is 17.0. The largest absolute Gasteiger partial charge is 0.494 e. The number of thiophene rings is 1. The van der Waals surface area contributed by atoms with E-state index in [2.05, 4.69) is 16.4 Å². The van der Waals surface area contributed by atoms with Gasteiger partial charge in [0.25, 0.3) is 0 Å². The lowest BCUT2D eigenvalue weighted by Crippen LogP contribution is -2.35. The second kappa shape index (κ2) is 11.2. The van der Waals surface area contributed by atoms with Crippen LogP contribution in [0, 0.1) is 11.3 Å². The van der Waals surface area contributed by atoms with Crippen LogP contribution in [0.1, 0.15) is 54.2 Å². The molecule has 4 rings (SSSR count). The molecule has 2 amide bonds. The highest BCUT2D eigenvalue weighted by molar-refractivity contribution is 7.16. The highest BCUT2D eigenvalue weighted by Crippen LogP contribution is 2.37. The topological polar surface area (TPSA) is 100 Å². The van der Waals surface area contributed by atoms with E-state index < -0.39 is 0 Å². The van der Waals surface area contributed by atoms with E-state index in [1.165, 1.54) is 11.3 Å². The zero-order chi connectivity index (χ0) is 24.8. The number of hydrogen-bond donors (Lipinski definition) is 1. The van der Waals surface area contributed by atoms with Crippen molar-refractivity contribution in [3.8, 4) is 11.8 Å². The molecular formula is C26H29N5O3S. The average Bonchev–Trinajstić information content (AvgIpc) is 3.49. The molecule has 0 saturated carbocycles. The molecule has 0 spiro atoms. The SMILES string of the molecule is CCOc1ccccc1C(C)CC(=O)Nc1sc2c(c1C#N)CCN(C(=O)CCn1ccnc1)C2. The van der Waals surface area contributed by atoms with Gasteiger partial charge in [-0.25, -0.2) is 4.98 Å². The van der Waals surface area contributed by atoms with Crippen LogP contribution in [0.25, 0.3) is 0 Å². The van der Waals surface area contributed by atoms with Crippen molar-refractivity contribution in [2.24, 2.45) is 0 Å². The normalized spacial score (nSPS) is 13.6. The molecule has 0 saturated heterocycles. The number of hydrogen-bond acceptors (Lipinski definition) is 6. The van der Waals surface area contributed by atoms with Crippen molar-refractivity contribution in [2.75, 3.05) is 18.5 Å². The number of imidazole rings is 1. The van der Waals surface area contributed by atoms with E-state index in [0.29, 0.717) is 49.6 Å². The fraction of sp³-hybridized carbons (Fsp3) is 0.385. The van der Waals surface area contributed by atoms with Gasteiger partial charge < -0.3 is 19.5 Å². The van der Waals surface area contributed by atoms with Crippen LogP contribution in [-0.2, 0) is 29.1 Å². The molecule has 0 radical (unpaired) electrons. The van der Waals surface area contributed by atoms with Crippen LogP contribution in [0.4, 0.5) is 5.00 Å². The molecule has 2 aromatic heterocycles. The van der Waals surface area contributed by atoms with Crippen molar-refractivity contribution in [2.45, 2.75) is 52.1 Å². The highest BCUT2D eigenvalue weighted by Gasteiger charge is 2.27. The van der Waals surface area contributed by atoms with E-state index in [-0.39, 0.29) is 24.2 Å². The molecule has 0 bridgehead atoms. The summed E-state index contributed by atoms with van der Waals surface area (Å²) in [6, 6.07) is 10.0. The van der Waals surface area contributed by atoms with Crippen LogP contribution in [0.2, 0.25) is 0 Å². The fourth-order valence-corrected chi connectivity index (χ4v) is 5.59. The molecular weight excluding hydrogens is 462 g/mol. The number of anilines is 1. The Hall–Kier alpha value is -3.64. The Balaban J connectivity index is 1.40. The van der Waals surface area contributed by atoms with Crippen LogP contribution < -0.4 is 10.1 Å². The second-order valence-corrected chi connectivity index (χ2v) is 9.66. The summed E-state index contributed by atoms with van der Waals surface area (Å²) in [4.78, 5) is 32.4. The molecule has 1 aliphatic rings. The number of carbonyl (C=O) groups is 2. The average molecular weight is 492 g/mol. The lowest BCUT2D eigenvalue weighted by molar-refractivity contribution is -0.132. The number of fused-ring (bicyclic) bond motifs is 1. The highest BCUT2D eigenvalue weighted by atomic mass is 32.1. The number of carbonyl (C=O) groups excluding carboxylic acids is 2. The Bertz CT molecular complexity index is 1230. The van der Waals surface area contributed by atoms with Gasteiger partial charge in [0.2, 0.25) is 11.8 Å². The first kappa shape index (κ1) is 24.5. The van der Waals surface area contributed by atoms with Gasteiger partial charge in [-0.3, -0.25) is 9.59 Å². The minimum absolute atomic E-state index is 0.0403. The van der Waals surface area contributed by atoms with Crippen molar-refractivity contribution in [1.82, 2.24) is 14.5 Å². The van der Waals surface area contributed by atoms with Crippen LogP contribution in [0.3, 0.4) is 0 Å². The second-order valence-electron chi connectivity index (χ2n) is 8.56. The molecule has 3 aromatic rings. The quantitative estimate of drug-likeness (QED) is 0.480. The zero-order valence-corrected chi connectivity index (χ0v) is 20.8. The number of para-hydroxylation sites is 1. The number of nitriles is 1. The van der Waals surface area contributed by atoms with Gasteiger partial charge in [0.05, 0.1) is 25.0 Å². The molecule has 1 atom stereocenters. The maximum absolute atomic E-state index is 12.9. The number of nitrogens with one attached hydrogen (secondary N) is 1. The molecule has 9 heteroatoms. The molecule has 3 heterocycles. The number of amides is 2. The summed E-state index contributed by atoms with van der Waals surface area (Å²) in [7, 11) is 0. The number of aromatic nitrogens is 2. The third-order valence-electron chi connectivity index (χ3n) is 6.16. The Labute approximate surface area is 209 Å². The van der Waals surface area contributed by atoms with Crippen molar-refractivity contribution >= 4 is 28.2 Å². The minimum Gasteiger partial charge on any atom is -0.494 e. The first-order valence-corrected chi connectivity index (χ1v) is 12.6. The third kappa shape index (κ3) is 5.72. The monoisotopic (exact) mass is 491 g/mol. The Kier molecular flexibility index (Phi) is 7.83. The number of benzene rings is 1. The van der Waals surface area contributed by atoms with E-state index in [9.17, 15) is 14.9 Å². The van der Waals surface area contributed by atoms with E-state index >= 15 is 0 Å². The van der Waals surface area contributed by atoms with E-state index in [1.54, 1.807) is 12.5 Å². The van der Waals surface area contributed by atoms with Crippen molar-refractivity contribution in [3.63, 3.8) is 0 Å². The lowest BCUT2D eigenvalue weighted by Gasteiger charge is -2.27. The molecule has 1 aliphatic heterocycles. The summed E-state index contributed by atoms with van der Waals surface area (Å²) in [6.07, 6.45) is 6.51. The van der Waals surface area contributed by atoms with Crippen molar-refractivity contribution in [1.29, 1.82) is 5.26 Å². The molecule has 0 fully saturated rings. The van der Waals surface area contributed by atoms with Gasteiger partial charge in [-0.15, -0.1) is 11.3 Å². The van der Waals surface area contributed by atoms with Gasteiger partial charge in [0.1, 0.15) is 16.8 Å². The molecule has 1 unspecified atom stereocenters. The van der Waals surface area contributed by atoms with Gasteiger partial charge in [0.15, 0.2) is 0 Å². The zero-order valence-electron chi connectivity index (χ0n) is 20.0. The summed E-state index contributed by atoms with van der Waals surface area (Å²) in [5, 5.41) is 13.3. The molecule has 8 nitrogen and oxygen atoms in total. The summed E-state index contributed by atoms with van der Waals surface area (Å²) in [6.45, 7) is 6.11. The summed E-state index contributed by atoms with van der Waals surface area (Å²) in [5.41, 5.74) is 2.45.